The Morgan fingerprint density at radius 2 is 1.82 bits per heavy atom. The van der Waals surface area contributed by atoms with Gasteiger partial charge in [0.05, 0.1) is 31.4 Å². The van der Waals surface area contributed by atoms with Crippen LogP contribution in [0.2, 0.25) is 0 Å². The van der Waals surface area contributed by atoms with Crippen molar-refractivity contribution in [2.24, 2.45) is 0 Å². The van der Waals surface area contributed by atoms with E-state index in [0.29, 0.717) is 11.7 Å². The summed E-state index contributed by atoms with van der Waals surface area (Å²) in [6.45, 7) is 3.48. The Bertz CT molecular complexity index is 450. The second-order valence-electron chi connectivity index (χ2n) is 5.01. The van der Waals surface area contributed by atoms with Crippen molar-refractivity contribution in [2.75, 3.05) is 57.9 Å². The van der Waals surface area contributed by atoms with Crippen LogP contribution in [-0.2, 0) is 4.74 Å². The molecule has 1 saturated heterocycles. The van der Waals surface area contributed by atoms with Crippen LogP contribution in [-0.4, -0.2) is 72.9 Å². The van der Waals surface area contributed by atoms with Crippen LogP contribution in [0.4, 0.5) is 19.0 Å². The highest BCUT2D eigenvalue weighted by Crippen LogP contribution is 2.26. The van der Waals surface area contributed by atoms with Crippen molar-refractivity contribution < 1.29 is 22.6 Å². The highest BCUT2D eigenvalue weighted by Gasteiger charge is 2.26. The fourth-order valence-corrected chi connectivity index (χ4v) is 2.49. The smallest absolute Gasteiger partial charge is 0.391 e. The first-order valence-corrected chi connectivity index (χ1v) is 7.72. The Morgan fingerprint density at radius 3 is 2.50 bits per heavy atom. The molecule has 0 spiro atoms. The Labute approximate surface area is 131 Å². The monoisotopic (exact) mass is 340 g/mol. The quantitative estimate of drug-likeness (QED) is 0.704. The molecule has 1 aliphatic heterocycles. The summed E-state index contributed by atoms with van der Waals surface area (Å²) in [6, 6.07) is 0. The lowest BCUT2D eigenvalue weighted by Gasteiger charge is -2.32. The molecule has 0 amide bonds. The van der Waals surface area contributed by atoms with Gasteiger partial charge >= 0.3 is 6.18 Å². The number of anilines is 1. The maximum Gasteiger partial charge on any atom is 0.391 e. The van der Waals surface area contributed by atoms with E-state index in [0.717, 1.165) is 37.9 Å². The second kappa shape index (κ2) is 7.93. The summed E-state index contributed by atoms with van der Waals surface area (Å²) in [5, 5.41) is 0. The summed E-state index contributed by atoms with van der Waals surface area (Å²) in [5.74, 6) is 1.13. The van der Waals surface area contributed by atoms with Crippen molar-refractivity contribution in [2.45, 2.75) is 12.6 Å². The van der Waals surface area contributed by atoms with Gasteiger partial charge in [0.25, 0.3) is 5.88 Å². The SMILES string of the molecule is CN1CCN(c2nsnc2OCCOCCC(F)(F)F)CC1. The van der Waals surface area contributed by atoms with Gasteiger partial charge in [-0.2, -0.15) is 17.5 Å². The molecule has 1 aromatic heterocycles. The lowest BCUT2D eigenvalue weighted by Crippen LogP contribution is -2.44. The van der Waals surface area contributed by atoms with E-state index in [-0.39, 0.29) is 19.8 Å². The Kier molecular flexibility index (Phi) is 6.21. The molecule has 0 atom stereocenters. The molecule has 0 unspecified atom stereocenters. The molecule has 2 heterocycles. The molecule has 1 aromatic rings. The number of rotatable bonds is 7. The molecule has 22 heavy (non-hydrogen) atoms. The van der Waals surface area contributed by atoms with Gasteiger partial charge in [-0.25, -0.2) is 0 Å². The third-order valence-corrected chi connectivity index (χ3v) is 3.74. The van der Waals surface area contributed by atoms with E-state index < -0.39 is 12.6 Å². The van der Waals surface area contributed by atoms with Crippen molar-refractivity contribution in [3.8, 4) is 5.88 Å². The van der Waals surface area contributed by atoms with E-state index in [4.69, 9.17) is 9.47 Å². The maximum atomic E-state index is 11.9. The molecule has 1 fully saturated rings. The first-order valence-electron chi connectivity index (χ1n) is 6.99. The van der Waals surface area contributed by atoms with Gasteiger partial charge in [0.15, 0.2) is 0 Å². The van der Waals surface area contributed by atoms with Crippen LogP contribution < -0.4 is 9.64 Å². The summed E-state index contributed by atoms with van der Waals surface area (Å²) in [4.78, 5) is 4.33. The molecule has 0 aromatic carbocycles. The molecule has 0 saturated carbocycles. The Balaban J connectivity index is 1.69. The molecule has 0 bridgehead atoms. The number of ether oxygens (including phenoxy) is 2. The minimum atomic E-state index is -4.19. The van der Waals surface area contributed by atoms with Crippen LogP contribution in [0.25, 0.3) is 0 Å². The average molecular weight is 340 g/mol. The third kappa shape index (κ3) is 5.58. The zero-order valence-electron chi connectivity index (χ0n) is 12.3. The molecule has 0 radical (unpaired) electrons. The van der Waals surface area contributed by atoms with Gasteiger partial charge < -0.3 is 19.3 Å². The van der Waals surface area contributed by atoms with Gasteiger partial charge in [0.2, 0.25) is 5.82 Å². The van der Waals surface area contributed by atoms with Crippen LogP contribution >= 0.6 is 11.7 Å². The molecule has 2 rings (SSSR count). The number of nitrogens with zero attached hydrogens (tertiary/aromatic N) is 4. The normalized spacial score (nSPS) is 17.0. The zero-order chi connectivity index (χ0) is 16.0. The minimum absolute atomic E-state index is 0.0930. The Hall–Kier alpha value is -1.13. The van der Waals surface area contributed by atoms with Gasteiger partial charge in [-0.1, -0.05) is 0 Å². The molecular weight excluding hydrogens is 321 g/mol. The highest BCUT2D eigenvalue weighted by molar-refractivity contribution is 6.99. The number of hydrogen-bond acceptors (Lipinski definition) is 7. The van der Waals surface area contributed by atoms with Crippen molar-refractivity contribution in [1.29, 1.82) is 0 Å². The minimum Gasteiger partial charge on any atom is -0.472 e. The number of aromatic nitrogens is 2. The lowest BCUT2D eigenvalue weighted by molar-refractivity contribution is -0.145. The fraction of sp³-hybridized carbons (Fsp3) is 0.833. The van der Waals surface area contributed by atoms with Gasteiger partial charge in [-0.3, -0.25) is 0 Å². The number of hydrogen-bond donors (Lipinski definition) is 0. The molecule has 0 N–H and O–H groups in total. The molecule has 1 aliphatic rings. The van der Waals surface area contributed by atoms with Crippen molar-refractivity contribution >= 4 is 17.5 Å². The molecule has 10 heteroatoms. The van der Waals surface area contributed by atoms with Crippen LogP contribution in [0.1, 0.15) is 6.42 Å². The molecule has 6 nitrogen and oxygen atoms in total. The number of halogens is 3. The summed E-state index contributed by atoms with van der Waals surface area (Å²) in [7, 11) is 2.06. The first-order chi connectivity index (χ1) is 10.5. The van der Waals surface area contributed by atoms with Crippen molar-refractivity contribution in [3.05, 3.63) is 0 Å². The maximum absolute atomic E-state index is 11.9. The summed E-state index contributed by atoms with van der Waals surface area (Å²) >= 11 is 1.06. The van der Waals surface area contributed by atoms with Crippen LogP contribution in [0.5, 0.6) is 5.88 Å². The number of piperazine rings is 1. The highest BCUT2D eigenvalue weighted by atomic mass is 32.1. The van der Waals surface area contributed by atoms with E-state index in [9.17, 15) is 13.2 Å². The summed E-state index contributed by atoms with van der Waals surface area (Å²) in [5.41, 5.74) is 0. The van der Waals surface area contributed by atoms with Crippen LogP contribution in [0, 0.1) is 0 Å². The molecular formula is C12H19F3N4O2S. The largest absolute Gasteiger partial charge is 0.472 e. The average Bonchev–Trinajstić information content (AvgIpc) is 2.91. The first kappa shape index (κ1) is 17.2. The summed E-state index contributed by atoms with van der Waals surface area (Å²) < 4.78 is 54.5. The lowest BCUT2D eigenvalue weighted by atomic mass is 10.3. The second-order valence-corrected chi connectivity index (χ2v) is 5.54. The van der Waals surface area contributed by atoms with E-state index in [2.05, 4.69) is 25.6 Å². The van der Waals surface area contributed by atoms with Gasteiger partial charge in [-0.15, -0.1) is 4.37 Å². The predicted octanol–water partition coefficient (Wildman–Crippen LogP) is 1.64. The van der Waals surface area contributed by atoms with Crippen LogP contribution in [0.3, 0.4) is 0 Å². The molecule has 126 valence electrons. The number of likely N-dealkylation sites (N-methyl/N-ethyl adjacent to an activating group) is 1. The number of alkyl halides is 3. The van der Waals surface area contributed by atoms with Crippen molar-refractivity contribution in [1.82, 2.24) is 13.6 Å². The van der Waals surface area contributed by atoms with Crippen LogP contribution in [0.15, 0.2) is 0 Å². The fourth-order valence-electron chi connectivity index (χ4n) is 1.97. The zero-order valence-corrected chi connectivity index (χ0v) is 13.1. The predicted molar refractivity (Wildman–Crippen MR) is 76.6 cm³/mol. The summed E-state index contributed by atoms with van der Waals surface area (Å²) in [6.07, 6.45) is -5.13. The van der Waals surface area contributed by atoms with Crippen molar-refractivity contribution in [3.63, 3.8) is 0 Å². The topological polar surface area (TPSA) is 50.7 Å². The van der Waals surface area contributed by atoms with E-state index in [1.54, 1.807) is 0 Å². The van der Waals surface area contributed by atoms with Gasteiger partial charge in [-0.05, 0) is 7.05 Å². The van der Waals surface area contributed by atoms with Gasteiger partial charge in [0, 0.05) is 26.2 Å². The van der Waals surface area contributed by atoms with E-state index in [1.807, 2.05) is 0 Å². The standard InChI is InChI=1S/C12H19F3N4O2S/c1-18-3-5-19(6-4-18)10-11(17-22-16-10)21-9-8-20-7-2-12(13,14)15/h2-9H2,1H3. The third-order valence-electron chi connectivity index (χ3n) is 3.24. The van der Waals surface area contributed by atoms with E-state index in [1.165, 1.54) is 0 Å². The Morgan fingerprint density at radius 1 is 1.09 bits per heavy atom. The van der Waals surface area contributed by atoms with E-state index >= 15 is 0 Å². The molecule has 0 aliphatic carbocycles. The van der Waals surface area contributed by atoms with Gasteiger partial charge in [0.1, 0.15) is 6.61 Å².